The minimum atomic E-state index is 0. The Hall–Kier alpha value is -1.10. The van der Waals surface area contributed by atoms with E-state index in [2.05, 4.69) is 56.6 Å². The molecule has 168 valence electrons. The summed E-state index contributed by atoms with van der Waals surface area (Å²) in [4.78, 5) is 23.2. The van der Waals surface area contributed by atoms with E-state index in [1.165, 1.54) is 5.56 Å². The Bertz CT molecular complexity index is 702. The predicted molar refractivity (Wildman–Crippen MR) is 134 cm³/mol. The first-order chi connectivity index (χ1) is 14.0. The van der Waals surface area contributed by atoms with Crippen molar-refractivity contribution in [3.05, 3.63) is 34.9 Å². The molecule has 1 aromatic rings. The van der Waals surface area contributed by atoms with Gasteiger partial charge in [0.2, 0.25) is 5.91 Å². The number of hydrogen-bond acceptors (Lipinski definition) is 4. The Morgan fingerprint density at radius 1 is 1.20 bits per heavy atom. The van der Waals surface area contributed by atoms with Crippen LogP contribution in [0.2, 0.25) is 5.02 Å². The SMILES string of the molecule is CN=C(NCC(c1ccc(Cl)cc1)N(C)C)N1CCN(CC(=O)NC2CC2)CC1.I. The van der Waals surface area contributed by atoms with E-state index in [1.54, 1.807) is 0 Å². The molecule has 2 aliphatic rings. The van der Waals surface area contributed by atoms with Crippen molar-refractivity contribution < 1.29 is 4.79 Å². The van der Waals surface area contributed by atoms with E-state index >= 15 is 0 Å². The maximum Gasteiger partial charge on any atom is 0.234 e. The third-order valence-corrected chi connectivity index (χ3v) is 5.78. The molecule has 3 rings (SSSR count). The second kappa shape index (κ2) is 12.1. The molecule has 9 heteroatoms. The highest BCUT2D eigenvalue weighted by molar-refractivity contribution is 14.0. The maximum absolute atomic E-state index is 12.0. The van der Waals surface area contributed by atoms with Crippen molar-refractivity contribution in [3.63, 3.8) is 0 Å². The largest absolute Gasteiger partial charge is 0.354 e. The third-order valence-electron chi connectivity index (χ3n) is 5.52. The fraction of sp³-hybridized carbons (Fsp3) is 0.619. The van der Waals surface area contributed by atoms with Crippen molar-refractivity contribution in [2.75, 3.05) is 60.4 Å². The Kier molecular flexibility index (Phi) is 10.1. The van der Waals surface area contributed by atoms with Crippen LogP contribution in [0.3, 0.4) is 0 Å². The number of nitrogens with one attached hydrogen (secondary N) is 2. The number of halogens is 2. The van der Waals surface area contributed by atoms with Gasteiger partial charge in [-0.1, -0.05) is 23.7 Å². The zero-order valence-electron chi connectivity index (χ0n) is 18.1. The predicted octanol–water partition coefficient (Wildman–Crippen LogP) is 2.03. The summed E-state index contributed by atoms with van der Waals surface area (Å²) in [5.41, 5.74) is 1.22. The van der Waals surface area contributed by atoms with Gasteiger partial charge in [0, 0.05) is 50.8 Å². The van der Waals surface area contributed by atoms with Crippen LogP contribution in [0.4, 0.5) is 0 Å². The van der Waals surface area contributed by atoms with E-state index in [0.717, 1.165) is 56.5 Å². The Morgan fingerprint density at radius 3 is 2.37 bits per heavy atom. The van der Waals surface area contributed by atoms with Gasteiger partial charge in [0.05, 0.1) is 12.6 Å². The van der Waals surface area contributed by atoms with Crippen LogP contribution in [0.25, 0.3) is 0 Å². The molecule has 1 aliphatic carbocycles. The van der Waals surface area contributed by atoms with E-state index in [4.69, 9.17) is 11.6 Å². The van der Waals surface area contributed by atoms with Crippen molar-refractivity contribution in [1.82, 2.24) is 25.3 Å². The van der Waals surface area contributed by atoms with E-state index in [1.807, 2.05) is 19.2 Å². The fourth-order valence-corrected chi connectivity index (χ4v) is 3.75. The number of likely N-dealkylation sites (N-methyl/N-ethyl adjacent to an activating group) is 1. The molecule has 1 amide bonds. The topological polar surface area (TPSA) is 63.2 Å². The summed E-state index contributed by atoms with van der Waals surface area (Å²) in [6, 6.07) is 8.65. The lowest BCUT2D eigenvalue weighted by molar-refractivity contribution is -0.122. The van der Waals surface area contributed by atoms with Gasteiger partial charge in [0.1, 0.15) is 0 Å². The molecular formula is C21H34ClIN6O. The highest BCUT2D eigenvalue weighted by Gasteiger charge is 2.26. The van der Waals surface area contributed by atoms with Crippen LogP contribution in [-0.2, 0) is 4.79 Å². The normalized spacial score (nSPS) is 18.7. The van der Waals surface area contributed by atoms with Gasteiger partial charge in [-0.05, 0) is 44.6 Å². The van der Waals surface area contributed by atoms with Gasteiger partial charge in [0.25, 0.3) is 0 Å². The Morgan fingerprint density at radius 2 is 1.83 bits per heavy atom. The molecule has 1 aromatic carbocycles. The van der Waals surface area contributed by atoms with Crippen molar-refractivity contribution in [1.29, 1.82) is 0 Å². The fourth-order valence-electron chi connectivity index (χ4n) is 3.63. The van der Waals surface area contributed by atoms with Crippen LogP contribution in [0.5, 0.6) is 0 Å². The number of carbonyl (C=O) groups excluding carboxylic acids is 1. The van der Waals surface area contributed by atoms with Crippen LogP contribution in [0.1, 0.15) is 24.4 Å². The first-order valence-corrected chi connectivity index (χ1v) is 10.7. The molecule has 1 atom stereocenters. The van der Waals surface area contributed by atoms with E-state index < -0.39 is 0 Å². The number of hydrogen-bond donors (Lipinski definition) is 2. The van der Waals surface area contributed by atoms with Crippen LogP contribution in [-0.4, -0.2) is 93.0 Å². The summed E-state index contributed by atoms with van der Waals surface area (Å²) >= 11 is 6.03. The molecule has 0 spiro atoms. The highest BCUT2D eigenvalue weighted by atomic mass is 127. The quantitative estimate of drug-likeness (QED) is 0.310. The first kappa shape index (κ1) is 25.2. The van der Waals surface area contributed by atoms with Crippen LogP contribution < -0.4 is 10.6 Å². The van der Waals surface area contributed by atoms with E-state index in [-0.39, 0.29) is 35.9 Å². The molecule has 7 nitrogen and oxygen atoms in total. The second-order valence-electron chi connectivity index (χ2n) is 8.06. The number of carbonyl (C=O) groups is 1. The molecule has 0 aromatic heterocycles. The summed E-state index contributed by atoms with van der Waals surface area (Å²) < 4.78 is 0. The second-order valence-corrected chi connectivity index (χ2v) is 8.50. The molecule has 0 radical (unpaired) electrons. The summed E-state index contributed by atoms with van der Waals surface area (Å²) in [5, 5.41) is 7.34. The van der Waals surface area contributed by atoms with Crippen LogP contribution >= 0.6 is 35.6 Å². The molecule has 30 heavy (non-hydrogen) atoms. The molecule has 2 fully saturated rings. The Balaban J connectivity index is 0.00000320. The monoisotopic (exact) mass is 548 g/mol. The smallest absolute Gasteiger partial charge is 0.234 e. The lowest BCUT2D eigenvalue weighted by Gasteiger charge is -2.37. The minimum absolute atomic E-state index is 0. The molecule has 0 bridgehead atoms. The van der Waals surface area contributed by atoms with E-state index in [0.29, 0.717) is 12.6 Å². The molecule has 1 saturated carbocycles. The van der Waals surface area contributed by atoms with Gasteiger partial charge in [-0.15, -0.1) is 24.0 Å². The van der Waals surface area contributed by atoms with Crippen LogP contribution in [0, 0.1) is 0 Å². The summed E-state index contributed by atoms with van der Waals surface area (Å²) in [6.45, 7) is 4.72. The van der Waals surface area contributed by atoms with Crippen LogP contribution in [0.15, 0.2) is 29.3 Å². The average molecular weight is 549 g/mol. The molecular weight excluding hydrogens is 515 g/mol. The molecule has 2 N–H and O–H groups in total. The van der Waals surface area contributed by atoms with E-state index in [9.17, 15) is 4.79 Å². The van der Waals surface area contributed by atoms with Gasteiger partial charge in [0.15, 0.2) is 5.96 Å². The average Bonchev–Trinajstić information content (AvgIpc) is 3.51. The summed E-state index contributed by atoms with van der Waals surface area (Å²) in [5.74, 6) is 1.06. The molecule has 1 aliphatic heterocycles. The standard InChI is InChI=1S/C21H33ClN6O.HI/c1-23-21(24-14-19(26(2)3)16-4-6-17(22)7-5-16)28-12-10-27(11-13-28)15-20(29)25-18-8-9-18;/h4-7,18-19H,8-15H2,1-3H3,(H,23,24)(H,25,29);1H. The first-order valence-electron chi connectivity index (χ1n) is 10.4. The van der Waals surface area contributed by atoms with Crippen molar-refractivity contribution in [2.45, 2.75) is 24.9 Å². The number of nitrogens with zero attached hydrogens (tertiary/aromatic N) is 4. The zero-order valence-corrected chi connectivity index (χ0v) is 21.2. The molecule has 1 unspecified atom stereocenters. The number of aliphatic imine (C=N–C) groups is 1. The number of rotatable bonds is 7. The minimum Gasteiger partial charge on any atom is -0.354 e. The zero-order chi connectivity index (χ0) is 20.8. The molecule has 1 heterocycles. The lowest BCUT2D eigenvalue weighted by Crippen LogP contribution is -2.54. The van der Waals surface area contributed by atoms with Gasteiger partial charge in [-0.25, -0.2) is 0 Å². The third kappa shape index (κ3) is 7.55. The maximum atomic E-state index is 12.0. The van der Waals surface area contributed by atoms with Crippen molar-refractivity contribution in [3.8, 4) is 0 Å². The van der Waals surface area contributed by atoms with Gasteiger partial charge < -0.3 is 20.4 Å². The molecule has 1 saturated heterocycles. The lowest BCUT2D eigenvalue weighted by atomic mass is 10.1. The Labute approximate surface area is 202 Å². The number of guanidine groups is 1. The summed E-state index contributed by atoms with van der Waals surface area (Å²) in [7, 11) is 5.98. The van der Waals surface area contributed by atoms with Gasteiger partial charge >= 0.3 is 0 Å². The van der Waals surface area contributed by atoms with Crippen molar-refractivity contribution in [2.24, 2.45) is 4.99 Å². The van der Waals surface area contributed by atoms with Gasteiger partial charge in [-0.3, -0.25) is 14.7 Å². The number of benzene rings is 1. The number of piperazine rings is 1. The summed E-state index contributed by atoms with van der Waals surface area (Å²) in [6.07, 6.45) is 2.26. The number of amides is 1. The van der Waals surface area contributed by atoms with Crippen molar-refractivity contribution >= 4 is 47.4 Å². The highest BCUT2D eigenvalue weighted by Crippen LogP contribution is 2.20. The van der Waals surface area contributed by atoms with Gasteiger partial charge in [-0.2, -0.15) is 0 Å².